The fourth-order valence-electron chi connectivity index (χ4n) is 5.15. The molecule has 2 aliphatic rings. The molecule has 0 atom stereocenters. The number of nitrogens with zero attached hydrogens (tertiary/aromatic N) is 2. The molecule has 2 amide bonds. The predicted octanol–water partition coefficient (Wildman–Crippen LogP) is 4.16. The van der Waals surface area contributed by atoms with Crippen molar-refractivity contribution in [1.29, 1.82) is 0 Å². The van der Waals surface area contributed by atoms with E-state index in [1.165, 1.54) is 0 Å². The van der Waals surface area contributed by atoms with Gasteiger partial charge >= 0.3 is 12.1 Å². The molecule has 0 radical (unpaired) electrons. The van der Waals surface area contributed by atoms with Crippen LogP contribution in [0.4, 0.5) is 4.79 Å². The summed E-state index contributed by atoms with van der Waals surface area (Å²) in [5.41, 5.74) is 1.24. The lowest BCUT2D eigenvalue weighted by atomic mass is 9.71. The van der Waals surface area contributed by atoms with Gasteiger partial charge in [-0.05, 0) is 43.7 Å². The molecule has 7 heteroatoms. The first-order valence-corrected chi connectivity index (χ1v) is 12.5. The third-order valence-electron chi connectivity index (χ3n) is 7.22. The summed E-state index contributed by atoms with van der Waals surface area (Å²) in [6.07, 6.45) is 1.96. The number of rotatable bonds is 6. The van der Waals surface area contributed by atoms with Crippen molar-refractivity contribution in [3.63, 3.8) is 0 Å². The van der Waals surface area contributed by atoms with E-state index >= 15 is 0 Å². The average molecular weight is 479 g/mol. The van der Waals surface area contributed by atoms with Crippen LogP contribution in [0.3, 0.4) is 0 Å². The second-order valence-corrected chi connectivity index (χ2v) is 9.29. The maximum absolute atomic E-state index is 13.9. The van der Waals surface area contributed by atoms with Crippen molar-refractivity contribution in [2.24, 2.45) is 5.92 Å². The van der Waals surface area contributed by atoms with Crippen LogP contribution < -0.4 is 0 Å². The minimum Gasteiger partial charge on any atom is -0.466 e. The number of hydrogen-bond acceptors (Lipinski definition) is 5. The summed E-state index contributed by atoms with van der Waals surface area (Å²) >= 11 is 0. The highest BCUT2D eigenvalue weighted by Crippen LogP contribution is 2.38. The first kappa shape index (κ1) is 24.8. The minimum absolute atomic E-state index is 0.0864. The van der Waals surface area contributed by atoms with E-state index in [1.54, 1.807) is 4.90 Å². The molecule has 35 heavy (non-hydrogen) atoms. The summed E-state index contributed by atoms with van der Waals surface area (Å²) in [6.45, 7) is 4.40. The second kappa shape index (κ2) is 11.4. The first-order valence-electron chi connectivity index (χ1n) is 12.5. The van der Waals surface area contributed by atoms with Crippen molar-refractivity contribution in [3.8, 4) is 0 Å². The third kappa shape index (κ3) is 5.66. The van der Waals surface area contributed by atoms with E-state index in [4.69, 9.17) is 9.47 Å². The summed E-state index contributed by atoms with van der Waals surface area (Å²) in [4.78, 5) is 42.4. The van der Waals surface area contributed by atoms with Crippen LogP contribution in [0.15, 0.2) is 60.7 Å². The molecule has 0 aromatic heterocycles. The Bertz CT molecular complexity index is 995. The predicted molar refractivity (Wildman–Crippen MR) is 131 cm³/mol. The number of benzene rings is 2. The van der Waals surface area contributed by atoms with Gasteiger partial charge in [0.25, 0.3) is 0 Å². The van der Waals surface area contributed by atoms with Crippen molar-refractivity contribution in [2.75, 3.05) is 32.8 Å². The van der Waals surface area contributed by atoms with Crippen LogP contribution in [0.1, 0.15) is 43.7 Å². The fourth-order valence-corrected chi connectivity index (χ4v) is 5.15. The first-order chi connectivity index (χ1) is 17.0. The summed E-state index contributed by atoms with van der Waals surface area (Å²) in [5.74, 6) is -0.226. The van der Waals surface area contributed by atoms with Crippen LogP contribution >= 0.6 is 0 Å². The van der Waals surface area contributed by atoms with Crippen molar-refractivity contribution < 1.29 is 23.9 Å². The van der Waals surface area contributed by atoms with Gasteiger partial charge in [-0.15, -0.1) is 0 Å². The largest absolute Gasteiger partial charge is 0.466 e. The van der Waals surface area contributed by atoms with E-state index in [2.05, 4.69) is 0 Å². The van der Waals surface area contributed by atoms with E-state index in [1.807, 2.05) is 72.5 Å². The molecular formula is C28H34N2O5. The molecule has 2 aliphatic heterocycles. The molecule has 4 rings (SSSR count). The van der Waals surface area contributed by atoms with Crippen LogP contribution in [0.25, 0.3) is 0 Å². The maximum atomic E-state index is 13.9. The highest BCUT2D eigenvalue weighted by atomic mass is 16.6. The van der Waals surface area contributed by atoms with Crippen LogP contribution in [-0.2, 0) is 31.1 Å². The van der Waals surface area contributed by atoms with Crippen molar-refractivity contribution in [3.05, 3.63) is 71.8 Å². The summed E-state index contributed by atoms with van der Waals surface area (Å²) in [5, 5.41) is 0. The van der Waals surface area contributed by atoms with Crippen LogP contribution in [0, 0.1) is 5.92 Å². The SMILES string of the molecule is CCOC(=O)C1CCN(C(=O)C2(c3ccccc3)CCN(C(=O)OCc3ccccc3)CC2)CC1. The molecule has 0 spiro atoms. The van der Waals surface area contributed by atoms with E-state index in [0.717, 1.165) is 11.1 Å². The molecule has 186 valence electrons. The molecule has 0 bridgehead atoms. The Labute approximate surface area is 207 Å². The van der Waals surface area contributed by atoms with Crippen LogP contribution in [0.2, 0.25) is 0 Å². The van der Waals surface area contributed by atoms with Gasteiger partial charge in [0.05, 0.1) is 17.9 Å². The number of esters is 1. The third-order valence-corrected chi connectivity index (χ3v) is 7.22. The highest BCUT2D eigenvalue weighted by Gasteiger charge is 2.46. The molecule has 2 aromatic rings. The van der Waals surface area contributed by atoms with E-state index in [0.29, 0.717) is 58.5 Å². The van der Waals surface area contributed by atoms with Crippen molar-refractivity contribution in [1.82, 2.24) is 9.80 Å². The fraction of sp³-hybridized carbons (Fsp3) is 0.464. The molecule has 2 fully saturated rings. The molecular weight excluding hydrogens is 444 g/mol. The Morgan fingerprint density at radius 2 is 1.43 bits per heavy atom. The molecule has 2 heterocycles. The monoisotopic (exact) mass is 478 g/mol. The number of carbonyl (C=O) groups is 3. The lowest BCUT2D eigenvalue weighted by molar-refractivity contribution is -0.152. The van der Waals surface area contributed by atoms with Gasteiger partial charge in [0.15, 0.2) is 0 Å². The number of hydrogen-bond donors (Lipinski definition) is 0. The summed E-state index contributed by atoms with van der Waals surface area (Å²) in [7, 11) is 0. The lowest BCUT2D eigenvalue weighted by Crippen LogP contribution is -2.55. The van der Waals surface area contributed by atoms with Gasteiger partial charge in [0, 0.05) is 26.2 Å². The maximum Gasteiger partial charge on any atom is 0.410 e. The zero-order valence-corrected chi connectivity index (χ0v) is 20.4. The van der Waals surface area contributed by atoms with Crippen LogP contribution in [0.5, 0.6) is 0 Å². The number of amides is 2. The molecule has 2 aromatic carbocycles. The topological polar surface area (TPSA) is 76.2 Å². The van der Waals surface area contributed by atoms with Crippen LogP contribution in [-0.4, -0.2) is 60.6 Å². The van der Waals surface area contributed by atoms with Gasteiger partial charge in [0.1, 0.15) is 6.61 Å². The minimum atomic E-state index is -0.686. The molecule has 0 unspecified atom stereocenters. The summed E-state index contributed by atoms with van der Waals surface area (Å²) < 4.78 is 10.7. The van der Waals surface area contributed by atoms with Gasteiger partial charge in [-0.1, -0.05) is 60.7 Å². The number of carbonyl (C=O) groups excluding carboxylic acids is 3. The number of piperidine rings is 2. The second-order valence-electron chi connectivity index (χ2n) is 9.29. The van der Waals surface area contributed by atoms with Gasteiger partial charge < -0.3 is 19.3 Å². The van der Waals surface area contributed by atoms with E-state index in [9.17, 15) is 14.4 Å². The smallest absolute Gasteiger partial charge is 0.410 e. The molecule has 7 nitrogen and oxygen atoms in total. The number of likely N-dealkylation sites (tertiary alicyclic amines) is 2. The quantitative estimate of drug-likeness (QED) is 0.583. The zero-order valence-electron chi connectivity index (χ0n) is 20.4. The zero-order chi connectivity index (χ0) is 24.7. The highest BCUT2D eigenvalue weighted by molar-refractivity contribution is 5.89. The Kier molecular flexibility index (Phi) is 8.06. The standard InChI is InChI=1S/C28H34N2O5/c1-2-34-25(31)23-13-17-29(18-14-23)26(32)28(24-11-7-4-8-12-24)15-19-30(20-16-28)27(33)35-21-22-9-5-3-6-10-22/h3-12,23H,2,13-21H2,1H3. The Morgan fingerprint density at radius 3 is 2.03 bits per heavy atom. The Morgan fingerprint density at radius 1 is 0.829 bits per heavy atom. The average Bonchev–Trinajstić information content (AvgIpc) is 2.92. The van der Waals surface area contributed by atoms with Gasteiger partial charge in [-0.2, -0.15) is 0 Å². The molecule has 2 saturated heterocycles. The number of ether oxygens (including phenoxy) is 2. The summed E-state index contributed by atoms with van der Waals surface area (Å²) in [6, 6.07) is 19.5. The molecule has 0 aliphatic carbocycles. The van der Waals surface area contributed by atoms with E-state index < -0.39 is 5.41 Å². The molecule has 0 saturated carbocycles. The van der Waals surface area contributed by atoms with Crippen molar-refractivity contribution in [2.45, 2.75) is 44.6 Å². The van der Waals surface area contributed by atoms with Gasteiger partial charge in [0.2, 0.25) is 5.91 Å². The molecule has 0 N–H and O–H groups in total. The van der Waals surface area contributed by atoms with Gasteiger partial charge in [-0.25, -0.2) is 4.79 Å². The Balaban J connectivity index is 1.42. The normalized spacial score (nSPS) is 18.1. The van der Waals surface area contributed by atoms with E-state index in [-0.39, 0.29) is 30.5 Å². The van der Waals surface area contributed by atoms with Gasteiger partial charge in [-0.3, -0.25) is 9.59 Å². The van der Waals surface area contributed by atoms with Crippen molar-refractivity contribution >= 4 is 18.0 Å². The Hall–Kier alpha value is -3.35. The lowest BCUT2D eigenvalue weighted by Gasteiger charge is -2.44.